The van der Waals surface area contributed by atoms with Crippen LogP contribution in [-0.4, -0.2) is 0 Å². The fraction of sp³-hybridized carbons (Fsp3) is 0.294. The quantitative estimate of drug-likeness (QED) is 0.865. The van der Waals surface area contributed by atoms with E-state index in [1.54, 1.807) is 0 Å². The van der Waals surface area contributed by atoms with E-state index >= 15 is 0 Å². The highest BCUT2D eigenvalue weighted by Gasteiger charge is 2.07. The van der Waals surface area contributed by atoms with Crippen LogP contribution in [0, 0.1) is 20.8 Å². The van der Waals surface area contributed by atoms with Crippen LogP contribution in [0.5, 0.6) is 0 Å². The predicted molar refractivity (Wildman–Crippen MR) is 77.7 cm³/mol. The van der Waals surface area contributed by atoms with Crippen molar-refractivity contribution in [3.63, 3.8) is 0 Å². The van der Waals surface area contributed by atoms with Crippen LogP contribution in [0.1, 0.15) is 33.9 Å². The molecule has 2 aromatic rings. The van der Waals surface area contributed by atoms with Crippen molar-refractivity contribution in [1.29, 1.82) is 0 Å². The van der Waals surface area contributed by atoms with E-state index in [0.29, 0.717) is 0 Å². The number of rotatable bonds is 3. The van der Waals surface area contributed by atoms with Gasteiger partial charge in [0.05, 0.1) is 0 Å². The van der Waals surface area contributed by atoms with Gasteiger partial charge in [0.1, 0.15) is 0 Å². The Labute approximate surface area is 110 Å². The molecule has 2 rings (SSSR count). The van der Waals surface area contributed by atoms with Crippen LogP contribution >= 0.6 is 0 Å². The van der Waals surface area contributed by atoms with Gasteiger partial charge >= 0.3 is 0 Å². The third-order valence-electron chi connectivity index (χ3n) is 3.21. The normalized spacial score (nSPS) is 12.4. The Morgan fingerprint density at radius 2 is 1.56 bits per heavy atom. The molecule has 0 spiro atoms. The standard InChI is InChI=1S/C17H21N/c1-12-5-4-6-16(10-12)17(18)11-15-8-13(2)7-14(3)9-15/h4-10,17H,11,18H2,1-3H3. The van der Waals surface area contributed by atoms with Gasteiger partial charge in [-0.2, -0.15) is 0 Å². The van der Waals surface area contributed by atoms with Gasteiger partial charge in [0, 0.05) is 6.04 Å². The smallest absolute Gasteiger partial charge is 0.0335 e. The molecule has 0 aliphatic rings. The van der Waals surface area contributed by atoms with Gasteiger partial charge in [-0.05, 0) is 38.3 Å². The molecule has 2 aromatic carbocycles. The molecule has 0 heterocycles. The topological polar surface area (TPSA) is 26.0 Å². The number of aryl methyl sites for hydroxylation is 3. The molecule has 0 aromatic heterocycles. The highest BCUT2D eigenvalue weighted by atomic mass is 14.6. The van der Waals surface area contributed by atoms with Crippen LogP contribution in [0.25, 0.3) is 0 Å². The zero-order valence-electron chi connectivity index (χ0n) is 11.4. The summed E-state index contributed by atoms with van der Waals surface area (Å²) < 4.78 is 0. The van der Waals surface area contributed by atoms with Gasteiger partial charge in [0.2, 0.25) is 0 Å². The molecule has 18 heavy (non-hydrogen) atoms. The minimum absolute atomic E-state index is 0.0751. The average Bonchev–Trinajstić information content (AvgIpc) is 2.27. The Bertz CT molecular complexity index is 523. The first-order valence-corrected chi connectivity index (χ1v) is 6.44. The Hall–Kier alpha value is -1.60. The maximum atomic E-state index is 6.30. The summed E-state index contributed by atoms with van der Waals surface area (Å²) in [5.41, 5.74) is 12.7. The summed E-state index contributed by atoms with van der Waals surface area (Å²) in [5.74, 6) is 0. The summed E-state index contributed by atoms with van der Waals surface area (Å²) in [5, 5.41) is 0. The van der Waals surface area contributed by atoms with E-state index in [-0.39, 0.29) is 6.04 Å². The molecule has 0 bridgehead atoms. The van der Waals surface area contributed by atoms with Gasteiger partial charge in [-0.25, -0.2) is 0 Å². The maximum absolute atomic E-state index is 6.30. The lowest BCUT2D eigenvalue weighted by atomic mass is 9.96. The van der Waals surface area contributed by atoms with Crippen molar-refractivity contribution in [1.82, 2.24) is 0 Å². The molecule has 1 nitrogen and oxygen atoms in total. The van der Waals surface area contributed by atoms with Gasteiger partial charge in [0.25, 0.3) is 0 Å². The molecule has 0 saturated carbocycles. The summed E-state index contributed by atoms with van der Waals surface area (Å²) in [4.78, 5) is 0. The Morgan fingerprint density at radius 1 is 0.889 bits per heavy atom. The number of hydrogen-bond acceptors (Lipinski definition) is 1. The molecule has 0 aliphatic heterocycles. The van der Waals surface area contributed by atoms with Crippen molar-refractivity contribution in [3.8, 4) is 0 Å². The lowest BCUT2D eigenvalue weighted by Gasteiger charge is -2.14. The predicted octanol–water partition coefficient (Wildman–Crippen LogP) is 3.85. The van der Waals surface area contributed by atoms with Gasteiger partial charge in [-0.15, -0.1) is 0 Å². The molecule has 0 amide bonds. The van der Waals surface area contributed by atoms with Gasteiger partial charge < -0.3 is 5.73 Å². The fourth-order valence-electron chi connectivity index (χ4n) is 2.46. The first-order chi connectivity index (χ1) is 8.54. The van der Waals surface area contributed by atoms with E-state index in [0.717, 1.165) is 6.42 Å². The lowest BCUT2D eigenvalue weighted by molar-refractivity contribution is 0.720. The van der Waals surface area contributed by atoms with E-state index < -0.39 is 0 Å². The highest BCUT2D eigenvalue weighted by molar-refractivity contribution is 5.31. The second kappa shape index (κ2) is 5.36. The Kier molecular flexibility index (Phi) is 3.83. The molecule has 94 valence electrons. The van der Waals surface area contributed by atoms with Crippen molar-refractivity contribution in [2.75, 3.05) is 0 Å². The molecule has 0 radical (unpaired) electrons. The Morgan fingerprint density at radius 3 is 2.17 bits per heavy atom. The van der Waals surface area contributed by atoms with Crippen LogP contribution < -0.4 is 5.73 Å². The first kappa shape index (κ1) is 12.8. The fourth-order valence-corrected chi connectivity index (χ4v) is 2.46. The summed E-state index contributed by atoms with van der Waals surface area (Å²) in [6.07, 6.45) is 0.895. The van der Waals surface area contributed by atoms with Crippen LogP contribution in [0.2, 0.25) is 0 Å². The Balaban J connectivity index is 2.18. The zero-order valence-corrected chi connectivity index (χ0v) is 11.4. The van der Waals surface area contributed by atoms with E-state index in [1.807, 2.05) is 0 Å². The van der Waals surface area contributed by atoms with Crippen molar-refractivity contribution >= 4 is 0 Å². The molecule has 0 saturated heterocycles. The molecule has 0 fully saturated rings. The number of benzene rings is 2. The minimum atomic E-state index is 0.0751. The van der Waals surface area contributed by atoms with Crippen LogP contribution in [0.15, 0.2) is 42.5 Å². The summed E-state index contributed by atoms with van der Waals surface area (Å²) in [6.45, 7) is 6.37. The van der Waals surface area contributed by atoms with Crippen LogP contribution in [0.4, 0.5) is 0 Å². The number of hydrogen-bond donors (Lipinski definition) is 1. The van der Waals surface area contributed by atoms with Crippen molar-refractivity contribution in [2.45, 2.75) is 33.2 Å². The van der Waals surface area contributed by atoms with Gasteiger partial charge in [-0.1, -0.05) is 59.2 Å². The monoisotopic (exact) mass is 239 g/mol. The third kappa shape index (κ3) is 3.21. The van der Waals surface area contributed by atoms with E-state index in [2.05, 4.69) is 63.2 Å². The molecule has 2 N–H and O–H groups in total. The molecular formula is C17H21N. The average molecular weight is 239 g/mol. The zero-order chi connectivity index (χ0) is 13.1. The van der Waals surface area contributed by atoms with Gasteiger partial charge in [0.15, 0.2) is 0 Å². The molecule has 1 unspecified atom stereocenters. The van der Waals surface area contributed by atoms with Crippen LogP contribution in [0.3, 0.4) is 0 Å². The lowest BCUT2D eigenvalue weighted by Crippen LogP contribution is -2.13. The van der Waals surface area contributed by atoms with E-state index in [4.69, 9.17) is 5.73 Å². The van der Waals surface area contributed by atoms with Gasteiger partial charge in [-0.3, -0.25) is 0 Å². The summed E-state index contributed by atoms with van der Waals surface area (Å²) >= 11 is 0. The molecular weight excluding hydrogens is 218 g/mol. The molecule has 1 atom stereocenters. The maximum Gasteiger partial charge on any atom is 0.0335 e. The second-order valence-electron chi connectivity index (χ2n) is 5.22. The third-order valence-corrected chi connectivity index (χ3v) is 3.21. The highest BCUT2D eigenvalue weighted by Crippen LogP contribution is 2.19. The summed E-state index contributed by atoms with van der Waals surface area (Å²) in [6, 6.07) is 15.2. The molecule has 0 aliphatic carbocycles. The van der Waals surface area contributed by atoms with Crippen molar-refractivity contribution < 1.29 is 0 Å². The van der Waals surface area contributed by atoms with E-state index in [9.17, 15) is 0 Å². The molecule has 1 heteroatoms. The van der Waals surface area contributed by atoms with E-state index in [1.165, 1.54) is 27.8 Å². The second-order valence-corrected chi connectivity index (χ2v) is 5.22. The largest absolute Gasteiger partial charge is 0.324 e. The number of nitrogens with two attached hydrogens (primary N) is 1. The first-order valence-electron chi connectivity index (χ1n) is 6.44. The van der Waals surface area contributed by atoms with Crippen molar-refractivity contribution in [2.24, 2.45) is 5.73 Å². The van der Waals surface area contributed by atoms with Crippen LogP contribution in [-0.2, 0) is 6.42 Å². The summed E-state index contributed by atoms with van der Waals surface area (Å²) in [7, 11) is 0. The minimum Gasteiger partial charge on any atom is -0.324 e. The SMILES string of the molecule is Cc1cc(C)cc(CC(N)c2cccc(C)c2)c1. The van der Waals surface area contributed by atoms with Crippen molar-refractivity contribution in [3.05, 3.63) is 70.3 Å².